The van der Waals surface area contributed by atoms with Crippen LogP contribution in [0.3, 0.4) is 0 Å². The number of methoxy groups -OCH3 is 1. The Labute approximate surface area is 220 Å². The molecule has 9 nitrogen and oxygen atoms in total. The van der Waals surface area contributed by atoms with E-state index in [-0.39, 0.29) is 11.7 Å². The number of aromatic nitrogens is 2. The van der Waals surface area contributed by atoms with Gasteiger partial charge in [0.15, 0.2) is 11.6 Å². The first-order valence-electron chi connectivity index (χ1n) is 12.2. The number of para-hydroxylation sites is 1. The number of alkyl carbamates (subject to hydrolysis) is 1. The molecule has 1 unspecified atom stereocenters. The number of carbonyl (C=O) groups is 2. The van der Waals surface area contributed by atoms with E-state index in [9.17, 15) is 14.0 Å². The third-order valence-corrected chi connectivity index (χ3v) is 5.64. The molecule has 0 spiro atoms. The molecule has 1 aliphatic heterocycles. The van der Waals surface area contributed by atoms with Gasteiger partial charge in [-0.3, -0.25) is 9.78 Å². The summed E-state index contributed by atoms with van der Waals surface area (Å²) in [4.78, 5) is 32.6. The maximum atomic E-state index is 14.4. The number of hydrogen-bond donors (Lipinski definition) is 4. The molecule has 2 aromatic heterocycles. The van der Waals surface area contributed by atoms with Gasteiger partial charge in [-0.1, -0.05) is 17.9 Å². The zero-order valence-corrected chi connectivity index (χ0v) is 21.9. The molecule has 2 amide bonds. The second-order valence-corrected chi connectivity index (χ2v) is 9.74. The van der Waals surface area contributed by atoms with Crippen LogP contribution in [0.25, 0.3) is 11.3 Å². The molecule has 198 valence electrons. The Morgan fingerprint density at radius 3 is 2.79 bits per heavy atom. The summed E-state index contributed by atoms with van der Waals surface area (Å²) in [6.45, 7) is 7.59. The number of benzene rings is 1. The fraction of sp³-hybridized carbons (Fsp3) is 0.321. The maximum Gasteiger partial charge on any atom is 0.408 e. The van der Waals surface area contributed by atoms with Crippen molar-refractivity contribution < 1.29 is 23.5 Å². The largest absolute Gasteiger partial charge is 0.492 e. The van der Waals surface area contributed by atoms with Crippen LogP contribution in [0.2, 0.25) is 0 Å². The molecule has 0 bridgehead atoms. The van der Waals surface area contributed by atoms with Gasteiger partial charge in [0.25, 0.3) is 5.91 Å². The summed E-state index contributed by atoms with van der Waals surface area (Å²) in [7, 11) is 1.38. The number of H-pyrrole nitrogens is 1. The lowest BCUT2D eigenvalue weighted by Crippen LogP contribution is -2.37. The number of pyridine rings is 1. The van der Waals surface area contributed by atoms with Gasteiger partial charge in [-0.2, -0.15) is 0 Å². The van der Waals surface area contributed by atoms with Crippen molar-refractivity contribution >= 4 is 23.4 Å². The van der Waals surface area contributed by atoms with Crippen LogP contribution in [0.15, 0.2) is 36.7 Å². The van der Waals surface area contributed by atoms with Crippen LogP contribution in [0, 0.1) is 17.7 Å². The second-order valence-electron chi connectivity index (χ2n) is 9.74. The fourth-order valence-corrected chi connectivity index (χ4v) is 4.07. The molecule has 0 fully saturated rings. The predicted octanol–water partition coefficient (Wildman–Crippen LogP) is 4.52. The van der Waals surface area contributed by atoms with Gasteiger partial charge in [0.1, 0.15) is 5.60 Å². The van der Waals surface area contributed by atoms with Crippen LogP contribution in [-0.2, 0) is 11.2 Å². The second kappa shape index (κ2) is 10.8. The molecule has 4 rings (SSSR count). The van der Waals surface area contributed by atoms with Crippen LogP contribution in [0.4, 0.5) is 20.6 Å². The van der Waals surface area contributed by atoms with Gasteiger partial charge in [-0.05, 0) is 45.9 Å². The molecular formula is C28H30FN5O4. The van der Waals surface area contributed by atoms with Gasteiger partial charge in [-0.25, -0.2) is 9.18 Å². The smallest absolute Gasteiger partial charge is 0.408 e. The zero-order chi connectivity index (χ0) is 27.4. The van der Waals surface area contributed by atoms with Crippen molar-refractivity contribution in [1.82, 2.24) is 20.6 Å². The number of ether oxygens (including phenoxy) is 2. The maximum absolute atomic E-state index is 14.4. The zero-order valence-electron chi connectivity index (χ0n) is 21.9. The third-order valence-electron chi connectivity index (χ3n) is 5.64. The Kier molecular flexibility index (Phi) is 7.57. The first-order valence-corrected chi connectivity index (χ1v) is 12.2. The molecule has 38 heavy (non-hydrogen) atoms. The van der Waals surface area contributed by atoms with E-state index >= 15 is 0 Å². The van der Waals surface area contributed by atoms with Crippen molar-refractivity contribution in [2.75, 3.05) is 19.0 Å². The molecule has 1 aliphatic rings. The average molecular weight is 520 g/mol. The molecule has 3 aromatic rings. The summed E-state index contributed by atoms with van der Waals surface area (Å²) in [5.41, 5.74) is 3.24. The number of anilines is 2. The molecule has 4 N–H and O–H groups in total. The predicted molar refractivity (Wildman–Crippen MR) is 142 cm³/mol. The molecule has 0 saturated carbocycles. The number of amides is 2. The van der Waals surface area contributed by atoms with Crippen molar-refractivity contribution in [3.8, 4) is 28.8 Å². The standard InChI is InChI=1S/C28H30FN5O4/c1-16(32-27(36)38-28(2,3)4)9-10-17-15-30-13-11-18(17)23-24(22-20(33-23)12-14-31-26(22)35)34-21-8-6-7-19(29)25(21)37-5/h6-8,11,13,15-16,33-34H,12,14H2,1-5H3,(H,31,35)(H,32,36). The molecule has 1 aromatic carbocycles. The summed E-state index contributed by atoms with van der Waals surface area (Å²) in [6.07, 6.45) is 3.26. The van der Waals surface area contributed by atoms with E-state index in [0.717, 1.165) is 5.69 Å². The Hall–Kier alpha value is -4.52. The van der Waals surface area contributed by atoms with Gasteiger partial charge in [0.05, 0.1) is 41.3 Å². The Bertz CT molecular complexity index is 1430. The summed E-state index contributed by atoms with van der Waals surface area (Å²) in [6, 6.07) is 5.80. The molecular weight excluding hydrogens is 489 g/mol. The summed E-state index contributed by atoms with van der Waals surface area (Å²) >= 11 is 0. The summed E-state index contributed by atoms with van der Waals surface area (Å²) in [5.74, 6) is 5.33. The highest BCUT2D eigenvalue weighted by atomic mass is 19.1. The number of hydrogen-bond acceptors (Lipinski definition) is 6. The molecule has 1 atom stereocenters. The van der Waals surface area contributed by atoms with Gasteiger partial charge in [0.2, 0.25) is 0 Å². The minimum Gasteiger partial charge on any atom is -0.492 e. The fourth-order valence-electron chi connectivity index (χ4n) is 4.07. The number of nitrogens with zero attached hydrogens (tertiary/aromatic N) is 1. The first kappa shape index (κ1) is 26.5. The summed E-state index contributed by atoms with van der Waals surface area (Å²) < 4.78 is 25.0. The highest BCUT2D eigenvalue weighted by Gasteiger charge is 2.28. The average Bonchev–Trinajstić information content (AvgIpc) is 3.21. The number of rotatable bonds is 5. The molecule has 10 heteroatoms. The minimum absolute atomic E-state index is 0.0291. The van der Waals surface area contributed by atoms with Crippen LogP contribution < -0.4 is 20.7 Å². The van der Waals surface area contributed by atoms with Crippen molar-refractivity contribution in [3.05, 3.63) is 59.3 Å². The van der Waals surface area contributed by atoms with E-state index in [1.165, 1.54) is 13.2 Å². The van der Waals surface area contributed by atoms with Gasteiger partial charge < -0.3 is 30.4 Å². The summed E-state index contributed by atoms with van der Waals surface area (Å²) in [5, 5.41) is 8.77. The van der Waals surface area contributed by atoms with E-state index in [4.69, 9.17) is 9.47 Å². The van der Waals surface area contributed by atoms with Crippen LogP contribution in [-0.4, -0.2) is 47.3 Å². The lowest BCUT2D eigenvalue weighted by atomic mass is 10.0. The quantitative estimate of drug-likeness (QED) is 0.368. The Balaban J connectivity index is 1.74. The van der Waals surface area contributed by atoms with E-state index in [1.54, 1.807) is 58.3 Å². The topological polar surface area (TPSA) is 117 Å². The lowest BCUT2D eigenvalue weighted by Gasteiger charge is -2.20. The van der Waals surface area contributed by atoms with E-state index in [2.05, 4.69) is 37.8 Å². The van der Waals surface area contributed by atoms with Gasteiger partial charge in [-0.15, -0.1) is 0 Å². The van der Waals surface area contributed by atoms with Crippen LogP contribution in [0.1, 0.15) is 49.3 Å². The number of fused-ring (bicyclic) bond motifs is 1. The minimum atomic E-state index is -0.624. The molecule has 0 aliphatic carbocycles. The third kappa shape index (κ3) is 5.89. The molecule has 0 radical (unpaired) electrons. The van der Waals surface area contributed by atoms with Crippen molar-refractivity contribution in [1.29, 1.82) is 0 Å². The number of nitrogens with one attached hydrogen (secondary N) is 4. The van der Waals surface area contributed by atoms with Crippen molar-refractivity contribution in [2.45, 2.75) is 45.8 Å². The number of aromatic amines is 1. The van der Waals surface area contributed by atoms with Crippen LogP contribution in [0.5, 0.6) is 5.75 Å². The van der Waals surface area contributed by atoms with Crippen LogP contribution >= 0.6 is 0 Å². The first-order chi connectivity index (χ1) is 18.1. The Morgan fingerprint density at radius 2 is 2.05 bits per heavy atom. The number of carbonyl (C=O) groups excluding carboxylic acids is 2. The Morgan fingerprint density at radius 1 is 1.26 bits per heavy atom. The normalized spacial score (nSPS) is 13.4. The van der Waals surface area contributed by atoms with Gasteiger partial charge in [0, 0.05) is 36.6 Å². The highest BCUT2D eigenvalue weighted by Crippen LogP contribution is 2.40. The molecule has 3 heterocycles. The highest BCUT2D eigenvalue weighted by molar-refractivity contribution is 6.06. The van der Waals surface area contributed by atoms with E-state index < -0.39 is 23.6 Å². The van der Waals surface area contributed by atoms with Crippen molar-refractivity contribution in [3.63, 3.8) is 0 Å². The lowest BCUT2D eigenvalue weighted by molar-refractivity contribution is 0.0519. The van der Waals surface area contributed by atoms with E-state index in [1.807, 2.05) is 0 Å². The number of halogens is 1. The van der Waals surface area contributed by atoms with E-state index in [0.29, 0.717) is 46.7 Å². The SMILES string of the molecule is COc1c(F)cccc1Nc1c(-c2ccncc2C#CC(C)NC(=O)OC(C)(C)C)[nH]c2c1C(=O)NCC2. The molecule has 0 saturated heterocycles. The van der Waals surface area contributed by atoms with Gasteiger partial charge >= 0.3 is 6.09 Å². The monoisotopic (exact) mass is 519 g/mol. The van der Waals surface area contributed by atoms with Crippen molar-refractivity contribution in [2.24, 2.45) is 0 Å².